The van der Waals surface area contributed by atoms with Crippen molar-refractivity contribution >= 4 is 5.91 Å². The third-order valence-corrected chi connectivity index (χ3v) is 2.50. The first kappa shape index (κ1) is 13.7. The van der Waals surface area contributed by atoms with Gasteiger partial charge in [-0.05, 0) is 6.92 Å². The van der Waals surface area contributed by atoms with Crippen LogP contribution in [0.25, 0.3) is 0 Å². The van der Waals surface area contributed by atoms with Crippen LogP contribution in [-0.4, -0.2) is 27.4 Å². The van der Waals surface area contributed by atoms with Crippen LogP contribution in [0.1, 0.15) is 32.0 Å². The first-order chi connectivity index (χ1) is 7.84. The summed E-state index contributed by atoms with van der Waals surface area (Å²) < 4.78 is 1.69. The third kappa shape index (κ3) is 3.85. The standard InChI is InChI=1S/C12H21N3O2/c1-9-10(8-15(14-9)5-6-16)7-13-11(17)12(2,3)4/h8,16H,5-7H2,1-4H3,(H,13,17). The van der Waals surface area contributed by atoms with Crippen molar-refractivity contribution in [1.29, 1.82) is 0 Å². The average Bonchev–Trinajstić information content (AvgIpc) is 2.54. The summed E-state index contributed by atoms with van der Waals surface area (Å²) in [6.45, 7) is 8.56. The molecule has 1 aromatic heterocycles. The van der Waals surface area contributed by atoms with E-state index in [0.29, 0.717) is 13.1 Å². The Morgan fingerprint density at radius 3 is 2.71 bits per heavy atom. The first-order valence-corrected chi connectivity index (χ1v) is 5.76. The molecule has 5 heteroatoms. The highest BCUT2D eigenvalue weighted by Gasteiger charge is 2.20. The Balaban J connectivity index is 2.60. The van der Waals surface area contributed by atoms with Crippen molar-refractivity contribution in [3.8, 4) is 0 Å². The molecule has 0 atom stereocenters. The van der Waals surface area contributed by atoms with E-state index in [1.807, 2.05) is 33.9 Å². The Hall–Kier alpha value is -1.36. The lowest BCUT2D eigenvalue weighted by molar-refractivity contribution is -0.128. The van der Waals surface area contributed by atoms with Gasteiger partial charge in [0, 0.05) is 23.7 Å². The predicted octanol–water partition coefficient (Wildman–Crippen LogP) is 0.846. The Morgan fingerprint density at radius 2 is 2.18 bits per heavy atom. The second kappa shape index (κ2) is 5.31. The molecule has 17 heavy (non-hydrogen) atoms. The van der Waals surface area contributed by atoms with Crippen LogP contribution in [0.15, 0.2) is 6.20 Å². The largest absolute Gasteiger partial charge is 0.394 e. The molecule has 1 amide bonds. The number of aromatic nitrogens is 2. The van der Waals surface area contributed by atoms with Crippen molar-refractivity contribution in [2.75, 3.05) is 6.61 Å². The topological polar surface area (TPSA) is 67.2 Å². The van der Waals surface area contributed by atoms with Crippen LogP contribution in [0.2, 0.25) is 0 Å². The fourth-order valence-electron chi connectivity index (χ4n) is 1.39. The minimum atomic E-state index is -0.380. The molecule has 0 spiro atoms. The van der Waals surface area contributed by atoms with Gasteiger partial charge in [0.05, 0.1) is 18.8 Å². The fourth-order valence-corrected chi connectivity index (χ4v) is 1.39. The van der Waals surface area contributed by atoms with Gasteiger partial charge < -0.3 is 10.4 Å². The number of carbonyl (C=O) groups excluding carboxylic acids is 1. The van der Waals surface area contributed by atoms with Crippen LogP contribution >= 0.6 is 0 Å². The Bertz CT molecular complexity index is 391. The maximum Gasteiger partial charge on any atom is 0.225 e. The molecule has 0 fully saturated rings. The summed E-state index contributed by atoms with van der Waals surface area (Å²) in [6, 6.07) is 0. The summed E-state index contributed by atoms with van der Waals surface area (Å²) >= 11 is 0. The van der Waals surface area contributed by atoms with Crippen molar-refractivity contribution < 1.29 is 9.90 Å². The van der Waals surface area contributed by atoms with Crippen LogP contribution in [-0.2, 0) is 17.9 Å². The van der Waals surface area contributed by atoms with Crippen molar-refractivity contribution in [1.82, 2.24) is 15.1 Å². The van der Waals surface area contributed by atoms with E-state index in [0.717, 1.165) is 11.3 Å². The quantitative estimate of drug-likeness (QED) is 0.818. The highest BCUT2D eigenvalue weighted by Crippen LogP contribution is 2.13. The molecule has 0 aromatic carbocycles. The Morgan fingerprint density at radius 1 is 1.53 bits per heavy atom. The minimum absolute atomic E-state index is 0.0202. The molecule has 0 unspecified atom stereocenters. The Kier molecular flexibility index (Phi) is 4.28. The number of carbonyl (C=O) groups is 1. The van der Waals surface area contributed by atoms with Crippen molar-refractivity contribution in [2.45, 2.75) is 40.8 Å². The van der Waals surface area contributed by atoms with Crippen LogP contribution in [0.3, 0.4) is 0 Å². The molecule has 0 radical (unpaired) electrons. The van der Waals surface area contributed by atoms with Gasteiger partial charge in [0.25, 0.3) is 0 Å². The lowest BCUT2D eigenvalue weighted by Crippen LogP contribution is -2.34. The summed E-state index contributed by atoms with van der Waals surface area (Å²) in [6.07, 6.45) is 1.86. The number of rotatable bonds is 4. The molecule has 1 rings (SSSR count). The predicted molar refractivity (Wildman–Crippen MR) is 65.4 cm³/mol. The van der Waals surface area contributed by atoms with E-state index in [2.05, 4.69) is 10.4 Å². The molecule has 0 aliphatic heterocycles. The smallest absolute Gasteiger partial charge is 0.225 e. The van der Waals surface area contributed by atoms with Gasteiger partial charge in [0.2, 0.25) is 5.91 Å². The molecule has 0 saturated carbocycles. The van der Waals surface area contributed by atoms with Gasteiger partial charge in [-0.2, -0.15) is 5.10 Å². The van der Waals surface area contributed by atoms with Crippen molar-refractivity contribution in [3.05, 3.63) is 17.5 Å². The van der Waals surface area contributed by atoms with Gasteiger partial charge >= 0.3 is 0 Å². The second-order valence-electron chi connectivity index (χ2n) is 5.16. The van der Waals surface area contributed by atoms with Crippen molar-refractivity contribution in [2.24, 2.45) is 5.41 Å². The van der Waals surface area contributed by atoms with Crippen LogP contribution in [0, 0.1) is 12.3 Å². The SMILES string of the molecule is Cc1nn(CCO)cc1CNC(=O)C(C)(C)C. The molecule has 0 aliphatic carbocycles. The van der Waals surface area contributed by atoms with E-state index in [-0.39, 0.29) is 17.9 Å². The highest BCUT2D eigenvalue weighted by molar-refractivity contribution is 5.81. The van der Waals surface area contributed by atoms with Gasteiger partial charge in [-0.1, -0.05) is 20.8 Å². The van der Waals surface area contributed by atoms with Gasteiger partial charge in [-0.15, -0.1) is 0 Å². The van der Waals surface area contributed by atoms with Crippen molar-refractivity contribution in [3.63, 3.8) is 0 Å². The number of nitrogens with one attached hydrogen (secondary N) is 1. The number of aliphatic hydroxyl groups excluding tert-OH is 1. The molecule has 2 N–H and O–H groups in total. The molecule has 96 valence electrons. The zero-order chi connectivity index (χ0) is 13.1. The number of nitrogens with zero attached hydrogens (tertiary/aromatic N) is 2. The molecule has 0 saturated heterocycles. The fraction of sp³-hybridized carbons (Fsp3) is 0.667. The minimum Gasteiger partial charge on any atom is -0.394 e. The van der Waals surface area contributed by atoms with Gasteiger partial charge in [0.1, 0.15) is 0 Å². The van der Waals surface area contributed by atoms with E-state index in [9.17, 15) is 4.79 Å². The molecule has 1 heterocycles. The first-order valence-electron chi connectivity index (χ1n) is 5.76. The average molecular weight is 239 g/mol. The summed E-state index contributed by atoms with van der Waals surface area (Å²) in [5, 5.41) is 15.9. The zero-order valence-electron chi connectivity index (χ0n) is 10.9. The van der Waals surface area contributed by atoms with Crippen LogP contribution in [0.5, 0.6) is 0 Å². The lowest BCUT2D eigenvalue weighted by atomic mass is 9.95. The summed E-state index contributed by atoms with van der Waals surface area (Å²) in [7, 11) is 0. The number of hydrogen-bond donors (Lipinski definition) is 2. The van der Waals surface area contributed by atoms with Crippen LogP contribution < -0.4 is 5.32 Å². The molecule has 5 nitrogen and oxygen atoms in total. The normalized spacial score (nSPS) is 11.6. The highest BCUT2D eigenvalue weighted by atomic mass is 16.3. The van der Waals surface area contributed by atoms with Gasteiger partial charge in [-0.3, -0.25) is 9.48 Å². The molecular weight excluding hydrogens is 218 g/mol. The van der Waals surface area contributed by atoms with E-state index < -0.39 is 0 Å². The number of aryl methyl sites for hydroxylation is 1. The maximum absolute atomic E-state index is 11.7. The zero-order valence-corrected chi connectivity index (χ0v) is 10.9. The monoisotopic (exact) mass is 239 g/mol. The maximum atomic E-state index is 11.7. The summed E-state index contributed by atoms with van der Waals surface area (Å²) in [5.41, 5.74) is 1.48. The summed E-state index contributed by atoms with van der Waals surface area (Å²) in [5.74, 6) is 0.0202. The third-order valence-electron chi connectivity index (χ3n) is 2.50. The Labute approximate surface area is 102 Å². The molecule has 1 aromatic rings. The number of aliphatic hydroxyl groups is 1. The summed E-state index contributed by atoms with van der Waals surface area (Å²) in [4.78, 5) is 11.7. The van der Waals surface area contributed by atoms with E-state index in [1.165, 1.54) is 0 Å². The number of hydrogen-bond acceptors (Lipinski definition) is 3. The molecule has 0 bridgehead atoms. The lowest BCUT2D eigenvalue weighted by Gasteiger charge is -2.17. The molecule has 0 aliphatic rings. The van der Waals surface area contributed by atoms with E-state index >= 15 is 0 Å². The van der Waals surface area contributed by atoms with E-state index in [1.54, 1.807) is 4.68 Å². The van der Waals surface area contributed by atoms with Gasteiger partial charge in [0.15, 0.2) is 0 Å². The van der Waals surface area contributed by atoms with E-state index in [4.69, 9.17) is 5.11 Å². The molecular formula is C12H21N3O2. The number of amides is 1. The van der Waals surface area contributed by atoms with Crippen LogP contribution in [0.4, 0.5) is 0 Å². The van der Waals surface area contributed by atoms with Gasteiger partial charge in [-0.25, -0.2) is 0 Å². The second-order valence-corrected chi connectivity index (χ2v) is 5.16.